The molecule has 2 N–H and O–H groups in total. The van der Waals surface area contributed by atoms with Gasteiger partial charge in [0.2, 0.25) is 0 Å². The standard InChI is InChI=1S/C16H22Cl2N2/c17-13-8-11(9-14(18)16(13)19)10-20-7-3-5-12-4-1-2-6-15(12)20/h8-9,12,15H,1-7,10,19H2. The van der Waals surface area contributed by atoms with Gasteiger partial charge in [0, 0.05) is 12.6 Å². The summed E-state index contributed by atoms with van der Waals surface area (Å²) in [5.74, 6) is 0.900. The lowest BCUT2D eigenvalue weighted by molar-refractivity contribution is 0.0547. The molecule has 20 heavy (non-hydrogen) atoms. The molecule has 1 aromatic carbocycles. The Bertz CT molecular complexity index is 464. The summed E-state index contributed by atoms with van der Waals surface area (Å²) in [6, 6.07) is 4.69. The average Bonchev–Trinajstić information content (AvgIpc) is 2.45. The van der Waals surface area contributed by atoms with Crippen LogP contribution in [-0.2, 0) is 6.54 Å². The Hall–Kier alpha value is -0.440. The topological polar surface area (TPSA) is 29.3 Å². The number of likely N-dealkylation sites (tertiary alicyclic amines) is 1. The highest BCUT2D eigenvalue weighted by Gasteiger charge is 2.32. The number of piperidine rings is 1. The van der Waals surface area contributed by atoms with Gasteiger partial charge in [-0.15, -0.1) is 0 Å². The average molecular weight is 313 g/mol. The number of rotatable bonds is 2. The molecule has 2 aliphatic rings. The van der Waals surface area contributed by atoms with Gasteiger partial charge >= 0.3 is 0 Å². The van der Waals surface area contributed by atoms with Crippen molar-refractivity contribution in [1.82, 2.24) is 4.90 Å². The normalized spacial score (nSPS) is 27.3. The van der Waals surface area contributed by atoms with Gasteiger partial charge in [-0.1, -0.05) is 36.0 Å². The van der Waals surface area contributed by atoms with Crippen LogP contribution in [0.2, 0.25) is 10.0 Å². The maximum absolute atomic E-state index is 6.15. The quantitative estimate of drug-likeness (QED) is 0.800. The Kier molecular flexibility index (Phi) is 4.44. The molecule has 4 heteroatoms. The second-order valence-electron chi connectivity index (χ2n) is 6.20. The monoisotopic (exact) mass is 312 g/mol. The predicted octanol–water partition coefficient (Wildman–Crippen LogP) is 4.73. The maximum atomic E-state index is 6.15. The van der Waals surface area contributed by atoms with Crippen molar-refractivity contribution in [2.24, 2.45) is 5.92 Å². The molecule has 0 amide bonds. The largest absolute Gasteiger partial charge is 0.396 e. The summed E-state index contributed by atoms with van der Waals surface area (Å²) < 4.78 is 0. The lowest BCUT2D eigenvalue weighted by Crippen LogP contribution is -2.46. The molecule has 0 aromatic heterocycles. The van der Waals surface area contributed by atoms with Gasteiger partial charge in [0.15, 0.2) is 0 Å². The van der Waals surface area contributed by atoms with Gasteiger partial charge < -0.3 is 5.73 Å². The molecule has 3 rings (SSSR count). The van der Waals surface area contributed by atoms with Gasteiger partial charge in [-0.2, -0.15) is 0 Å². The summed E-state index contributed by atoms with van der Waals surface area (Å²) in [7, 11) is 0. The van der Waals surface area contributed by atoms with E-state index >= 15 is 0 Å². The maximum Gasteiger partial charge on any atom is 0.0693 e. The zero-order valence-corrected chi connectivity index (χ0v) is 13.3. The van der Waals surface area contributed by atoms with Crippen LogP contribution in [0, 0.1) is 5.92 Å². The van der Waals surface area contributed by atoms with Crippen LogP contribution in [0.25, 0.3) is 0 Å². The van der Waals surface area contributed by atoms with Crippen LogP contribution in [-0.4, -0.2) is 17.5 Å². The Morgan fingerprint density at radius 3 is 2.45 bits per heavy atom. The molecule has 1 saturated heterocycles. The Labute approximate surface area is 131 Å². The van der Waals surface area contributed by atoms with Gasteiger partial charge in [-0.3, -0.25) is 4.90 Å². The van der Waals surface area contributed by atoms with Crippen molar-refractivity contribution in [3.63, 3.8) is 0 Å². The lowest BCUT2D eigenvalue weighted by atomic mass is 9.78. The lowest BCUT2D eigenvalue weighted by Gasteiger charge is -2.44. The number of nitrogen functional groups attached to an aromatic ring is 1. The second kappa shape index (κ2) is 6.13. The first-order valence-electron chi connectivity index (χ1n) is 7.62. The summed E-state index contributed by atoms with van der Waals surface area (Å²) in [5, 5.41) is 1.15. The van der Waals surface area contributed by atoms with Gasteiger partial charge in [0.25, 0.3) is 0 Å². The van der Waals surface area contributed by atoms with Crippen LogP contribution in [0.4, 0.5) is 5.69 Å². The highest BCUT2D eigenvalue weighted by atomic mass is 35.5. The third-order valence-electron chi connectivity index (χ3n) is 4.88. The number of hydrogen-bond acceptors (Lipinski definition) is 2. The van der Waals surface area contributed by atoms with E-state index in [9.17, 15) is 0 Å². The van der Waals surface area contributed by atoms with E-state index in [0.717, 1.165) is 18.5 Å². The molecule has 2 fully saturated rings. The SMILES string of the molecule is Nc1c(Cl)cc(CN2CCCC3CCCCC32)cc1Cl. The zero-order chi connectivity index (χ0) is 14.1. The first kappa shape index (κ1) is 14.5. The van der Waals surface area contributed by atoms with Crippen molar-refractivity contribution in [2.75, 3.05) is 12.3 Å². The first-order chi connectivity index (χ1) is 9.65. The van der Waals surface area contributed by atoms with Crippen molar-refractivity contribution < 1.29 is 0 Å². The Morgan fingerprint density at radius 1 is 1.05 bits per heavy atom. The van der Waals surface area contributed by atoms with Crippen molar-refractivity contribution in [2.45, 2.75) is 51.1 Å². The number of halogens is 2. The number of anilines is 1. The van der Waals surface area contributed by atoms with E-state index in [1.54, 1.807) is 0 Å². The number of hydrogen-bond donors (Lipinski definition) is 1. The molecule has 0 spiro atoms. The van der Waals surface area contributed by atoms with E-state index in [1.165, 1.54) is 50.6 Å². The highest BCUT2D eigenvalue weighted by Crippen LogP contribution is 2.37. The Balaban J connectivity index is 1.76. The van der Waals surface area contributed by atoms with Crippen LogP contribution in [0.3, 0.4) is 0 Å². The van der Waals surface area contributed by atoms with Gasteiger partial charge in [-0.05, 0) is 55.8 Å². The molecule has 0 radical (unpaired) electrons. The summed E-state index contributed by atoms with van der Waals surface area (Å²) >= 11 is 12.3. The molecule has 1 aliphatic heterocycles. The smallest absolute Gasteiger partial charge is 0.0693 e. The molecule has 2 nitrogen and oxygen atoms in total. The van der Waals surface area contributed by atoms with E-state index in [0.29, 0.717) is 15.7 Å². The minimum Gasteiger partial charge on any atom is -0.396 e. The molecule has 1 aromatic rings. The van der Waals surface area contributed by atoms with Crippen LogP contribution in [0.15, 0.2) is 12.1 Å². The van der Waals surface area contributed by atoms with Crippen molar-refractivity contribution in [1.29, 1.82) is 0 Å². The van der Waals surface area contributed by atoms with Crippen LogP contribution < -0.4 is 5.73 Å². The highest BCUT2D eigenvalue weighted by molar-refractivity contribution is 6.38. The summed E-state index contributed by atoms with van der Waals surface area (Å²) in [6.07, 6.45) is 8.27. The van der Waals surface area contributed by atoms with Crippen molar-refractivity contribution >= 4 is 28.9 Å². The molecule has 1 heterocycles. The molecule has 1 aliphatic carbocycles. The van der Waals surface area contributed by atoms with Gasteiger partial charge in [-0.25, -0.2) is 0 Å². The second-order valence-corrected chi connectivity index (χ2v) is 7.01. The number of nitrogens with two attached hydrogens (primary N) is 1. The zero-order valence-electron chi connectivity index (χ0n) is 11.7. The Morgan fingerprint density at radius 2 is 1.70 bits per heavy atom. The fourth-order valence-corrected chi connectivity index (χ4v) is 4.42. The van der Waals surface area contributed by atoms with E-state index in [-0.39, 0.29) is 0 Å². The molecular weight excluding hydrogens is 291 g/mol. The fourth-order valence-electron chi connectivity index (χ4n) is 3.89. The van der Waals surface area contributed by atoms with Crippen molar-refractivity contribution in [3.05, 3.63) is 27.7 Å². The summed E-state index contributed by atoms with van der Waals surface area (Å²) in [5.41, 5.74) is 7.49. The fraction of sp³-hybridized carbons (Fsp3) is 0.625. The predicted molar refractivity (Wildman–Crippen MR) is 86.3 cm³/mol. The number of fused-ring (bicyclic) bond motifs is 1. The van der Waals surface area contributed by atoms with E-state index in [1.807, 2.05) is 12.1 Å². The van der Waals surface area contributed by atoms with Gasteiger partial charge in [0.1, 0.15) is 0 Å². The van der Waals surface area contributed by atoms with Crippen molar-refractivity contribution in [3.8, 4) is 0 Å². The van der Waals surface area contributed by atoms with Crippen LogP contribution >= 0.6 is 23.2 Å². The van der Waals surface area contributed by atoms with Crippen LogP contribution in [0.1, 0.15) is 44.1 Å². The third kappa shape index (κ3) is 2.93. The number of nitrogens with zero attached hydrogens (tertiary/aromatic N) is 1. The van der Waals surface area contributed by atoms with E-state index < -0.39 is 0 Å². The summed E-state index contributed by atoms with van der Waals surface area (Å²) in [4.78, 5) is 2.63. The minimum absolute atomic E-state index is 0.492. The molecule has 2 unspecified atom stereocenters. The molecule has 1 saturated carbocycles. The third-order valence-corrected chi connectivity index (χ3v) is 5.51. The van der Waals surface area contributed by atoms with Crippen LogP contribution in [0.5, 0.6) is 0 Å². The first-order valence-corrected chi connectivity index (χ1v) is 8.38. The number of benzene rings is 1. The molecule has 2 atom stereocenters. The van der Waals surface area contributed by atoms with E-state index in [4.69, 9.17) is 28.9 Å². The van der Waals surface area contributed by atoms with E-state index in [2.05, 4.69) is 4.90 Å². The molecule has 110 valence electrons. The van der Waals surface area contributed by atoms with Gasteiger partial charge in [0.05, 0.1) is 15.7 Å². The summed E-state index contributed by atoms with van der Waals surface area (Å²) in [6.45, 7) is 2.14. The molecule has 0 bridgehead atoms. The molecular formula is C16H22Cl2N2. The minimum atomic E-state index is 0.492.